The normalized spacial score (nSPS) is 12.4. The molecule has 2 atom stereocenters. The Hall–Kier alpha value is -1.94. The summed E-state index contributed by atoms with van der Waals surface area (Å²) < 4.78 is 0. The Balaban J connectivity index is 5.21. The van der Waals surface area contributed by atoms with E-state index in [9.17, 15) is 19.2 Å². The maximum absolute atomic E-state index is 13.7. The minimum absolute atomic E-state index is 0.0711. The molecule has 0 saturated heterocycles. The lowest BCUT2D eigenvalue weighted by atomic mass is 10.0. The smallest absolute Gasteiger partial charge is 0.243 e. The second kappa shape index (κ2) is 69.2. The van der Waals surface area contributed by atoms with Crippen molar-refractivity contribution in [3.63, 3.8) is 0 Å². The van der Waals surface area contributed by atoms with Gasteiger partial charge in [-0.05, 0) is 77.0 Å². The quantitative estimate of drug-likeness (QED) is 0.0274. The van der Waals surface area contributed by atoms with Gasteiger partial charge in [-0.3, -0.25) is 19.2 Å². The number of nitrogens with one attached hydrogen (secondary N) is 4. The van der Waals surface area contributed by atoms with E-state index in [1.165, 1.54) is 285 Å². The van der Waals surface area contributed by atoms with Crippen LogP contribution in [0.25, 0.3) is 0 Å². The first-order chi connectivity index (χ1) is 40.9. The summed E-state index contributed by atoms with van der Waals surface area (Å²) in [5, 5.41) is 12.5. The lowest BCUT2D eigenvalue weighted by molar-refractivity contribution is -0.128. The van der Waals surface area contributed by atoms with Crippen molar-refractivity contribution in [1.82, 2.24) is 21.3 Å². The third-order valence-electron chi connectivity index (χ3n) is 16.6. The highest BCUT2D eigenvalue weighted by Gasteiger charge is 2.24. The minimum atomic E-state index is -0.659. The molecule has 83 heavy (non-hydrogen) atoms. The molecule has 8 nitrogen and oxygen atoms in total. The van der Waals surface area contributed by atoms with Gasteiger partial charge in [-0.1, -0.05) is 337 Å². The van der Waals surface area contributed by atoms with Crippen LogP contribution in [0.3, 0.4) is 0 Å². The molecule has 0 heterocycles. The van der Waals surface area contributed by atoms with Crippen LogP contribution in [0.4, 0.5) is 0 Å². The van der Waals surface area contributed by atoms with E-state index < -0.39 is 12.1 Å². The van der Waals surface area contributed by atoms with Crippen LogP contribution in [0.15, 0.2) is 24.3 Å². The zero-order valence-electron chi connectivity index (χ0n) is 55.6. The van der Waals surface area contributed by atoms with E-state index in [1.54, 1.807) is 0 Å². The van der Waals surface area contributed by atoms with Crippen molar-refractivity contribution in [3.8, 4) is 0 Å². The molecule has 0 bridgehead atoms. The standard InChI is InChI=1S/C73H140N4O4S2/c1-5-9-13-17-21-25-29-33-36-38-42-46-50-54-58-62-70(78)76-68(72(80)74-64-60-56-52-48-44-40-32-28-24-20-16-12-8-4)66-82-83-67-69(73(81)75-65-61-57-53-49-45-41-35-31-27-23-19-15-11-7-3)77-71(79)63-59-55-51-47-43-39-37-34-30-26-22-18-14-10-6-2/h33-34,36-37,68-69H,5-32,35,38-67H2,1-4H3,(H,74,80)(H,75,81)(H,76,78)(H,77,79)/b36-33+,37-34+. The maximum atomic E-state index is 13.7. The van der Waals surface area contributed by atoms with Gasteiger partial charge in [0.15, 0.2) is 0 Å². The average Bonchev–Trinajstić information content (AvgIpc) is 3.50. The van der Waals surface area contributed by atoms with Gasteiger partial charge in [-0.2, -0.15) is 0 Å². The van der Waals surface area contributed by atoms with Crippen LogP contribution in [-0.4, -0.2) is 60.3 Å². The Morgan fingerprint density at radius 2 is 0.482 bits per heavy atom. The van der Waals surface area contributed by atoms with Crippen LogP contribution in [0.2, 0.25) is 0 Å². The molecule has 4 N–H and O–H groups in total. The largest absolute Gasteiger partial charge is 0.354 e. The van der Waals surface area contributed by atoms with Gasteiger partial charge in [-0.25, -0.2) is 0 Å². The summed E-state index contributed by atoms with van der Waals surface area (Å²) in [5.41, 5.74) is 0. The third-order valence-corrected chi connectivity index (χ3v) is 19.0. The van der Waals surface area contributed by atoms with Crippen molar-refractivity contribution in [2.75, 3.05) is 24.6 Å². The van der Waals surface area contributed by atoms with E-state index in [0.717, 1.165) is 77.0 Å². The number of hydrogen-bond donors (Lipinski definition) is 4. The first-order valence-corrected chi connectivity index (χ1v) is 39.1. The van der Waals surface area contributed by atoms with Crippen molar-refractivity contribution in [1.29, 1.82) is 0 Å². The second-order valence-corrected chi connectivity index (χ2v) is 27.5. The summed E-state index contributed by atoms with van der Waals surface area (Å²) in [6, 6.07) is -1.32. The van der Waals surface area contributed by atoms with Gasteiger partial charge >= 0.3 is 0 Å². The number of hydrogen-bond acceptors (Lipinski definition) is 6. The summed E-state index contributed by atoms with van der Waals surface area (Å²) in [6.45, 7) is 10.3. The molecule has 10 heteroatoms. The fourth-order valence-electron chi connectivity index (χ4n) is 11.0. The fraction of sp³-hybridized carbons (Fsp3) is 0.890. The minimum Gasteiger partial charge on any atom is -0.354 e. The molecular formula is C73H140N4O4S2. The molecular weight excluding hydrogens is 1060 g/mol. The van der Waals surface area contributed by atoms with Crippen LogP contribution in [0.1, 0.15) is 381 Å². The number of carbonyl (C=O) groups is 4. The Kier molecular flexibility index (Phi) is 67.5. The van der Waals surface area contributed by atoms with Gasteiger partial charge in [0, 0.05) is 37.4 Å². The summed E-state index contributed by atoms with van der Waals surface area (Å²) in [4.78, 5) is 54.2. The molecule has 488 valence electrons. The van der Waals surface area contributed by atoms with Gasteiger partial charge in [0.2, 0.25) is 23.6 Å². The Labute approximate surface area is 524 Å². The van der Waals surface area contributed by atoms with Crippen molar-refractivity contribution in [2.45, 2.75) is 393 Å². The van der Waals surface area contributed by atoms with Gasteiger partial charge in [-0.15, -0.1) is 0 Å². The van der Waals surface area contributed by atoms with E-state index in [1.807, 2.05) is 0 Å². The Morgan fingerprint density at radius 3 is 0.723 bits per heavy atom. The van der Waals surface area contributed by atoms with Crippen molar-refractivity contribution < 1.29 is 19.2 Å². The van der Waals surface area contributed by atoms with Crippen LogP contribution in [-0.2, 0) is 19.2 Å². The fourth-order valence-corrected chi connectivity index (χ4v) is 13.3. The topological polar surface area (TPSA) is 116 Å². The zero-order valence-corrected chi connectivity index (χ0v) is 57.3. The average molecular weight is 1200 g/mol. The molecule has 0 rings (SSSR count). The van der Waals surface area contributed by atoms with E-state index in [2.05, 4.69) is 73.3 Å². The molecule has 0 aromatic carbocycles. The summed E-state index contributed by atoms with van der Waals surface area (Å²) in [6.07, 6.45) is 76.5. The summed E-state index contributed by atoms with van der Waals surface area (Å²) >= 11 is 0. The summed E-state index contributed by atoms with van der Waals surface area (Å²) in [5.74, 6) is 0.375. The van der Waals surface area contributed by atoms with Gasteiger partial charge in [0.1, 0.15) is 12.1 Å². The van der Waals surface area contributed by atoms with Crippen molar-refractivity contribution in [2.24, 2.45) is 0 Å². The van der Waals surface area contributed by atoms with Crippen molar-refractivity contribution in [3.05, 3.63) is 24.3 Å². The molecule has 0 aliphatic heterocycles. The lowest BCUT2D eigenvalue weighted by Gasteiger charge is -2.20. The first-order valence-electron chi connectivity index (χ1n) is 36.6. The van der Waals surface area contributed by atoms with Crippen LogP contribution >= 0.6 is 21.6 Å². The van der Waals surface area contributed by atoms with Gasteiger partial charge in [0.25, 0.3) is 0 Å². The Bertz CT molecular complexity index is 1450. The highest BCUT2D eigenvalue weighted by Crippen LogP contribution is 2.24. The predicted molar refractivity (Wildman–Crippen MR) is 370 cm³/mol. The molecule has 0 aliphatic rings. The number of amides is 4. The second-order valence-electron chi connectivity index (χ2n) is 24.9. The predicted octanol–water partition coefficient (Wildman–Crippen LogP) is 22.2. The lowest BCUT2D eigenvalue weighted by Crippen LogP contribution is -2.49. The number of unbranched alkanes of at least 4 members (excludes halogenated alkanes) is 47. The van der Waals surface area contributed by atoms with Crippen molar-refractivity contribution >= 4 is 45.2 Å². The molecule has 0 fully saturated rings. The zero-order chi connectivity index (χ0) is 60.3. The Morgan fingerprint density at radius 1 is 0.277 bits per heavy atom. The maximum Gasteiger partial charge on any atom is 0.243 e. The van der Waals surface area contributed by atoms with Crippen LogP contribution in [0.5, 0.6) is 0 Å². The molecule has 0 spiro atoms. The molecule has 0 saturated carbocycles. The number of rotatable bonds is 68. The number of carbonyl (C=O) groups excluding carboxylic acids is 4. The number of allylic oxidation sites excluding steroid dienone is 4. The summed E-state index contributed by atoms with van der Waals surface area (Å²) in [7, 11) is 3.01. The molecule has 0 aromatic heterocycles. The highest BCUT2D eigenvalue weighted by molar-refractivity contribution is 8.76. The van der Waals surface area contributed by atoms with Crippen LogP contribution in [0, 0.1) is 0 Å². The van der Waals surface area contributed by atoms with Gasteiger partial charge in [0.05, 0.1) is 0 Å². The first kappa shape index (κ1) is 81.1. The van der Waals surface area contributed by atoms with Gasteiger partial charge < -0.3 is 21.3 Å². The van der Waals surface area contributed by atoms with E-state index in [0.29, 0.717) is 37.4 Å². The molecule has 0 aromatic rings. The monoisotopic (exact) mass is 1200 g/mol. The molecule has 0 aliphatic carbocycles. The SMILES string of the molecule is CCCCCCCC/C=C/CCCCCCCC(=O)NC(CSSCC(NC(=O)CCCCCCC/C=C/CCCCCCCC)C(=O)NCCCCCCCCCCCCCCCC)C(=O)NCCCCCCCCCCCCCCC. The highest BCUT2D eigenvalue weighted by atomic mass is 33.1. The molecule has 0 radical (unpaired) electrons. The van der Waals surface area contributed by atoms with Crippen LogP contribution < -0.4 is 21.3 Å². The molecule has 2 unspecified atom stereocenters. The van der Waals surface area contributed by atoms with E-state index in [-0.39, 0.29) is 23.6 Å². The van der Waals surface area contributed by atoms with E-state index >= 15 is 0 Å². The van der Waals surface area contributed by atoms with E-state index in [4.69, 9.17) is 0 Å². The molecule has 4 amide bonds. The third kappa shape index (κ3) is 62.9.